The number of aryl methyl sites for hydroxylation is 1. The lowest BCUT2D eigenvalue weighted by atomic mass is 10.0. The number of alkyl carbamates (subject to hydrolysis) is 1. The minimum Gasteiger partial charge on any atom is -0.450 e. The Morgan fingerprint density at radius 3 is 2.54 bits per heavy atom. The number of ether oxygens (including phenoxy) is 1. The fourth-order valence-electron chi connectivity index (χ4n) is 2.45. The Bertz CT molecular complexity index is 738. The number of carbonyl (C=O) groups is 2. The number of nitrogens with one attached hydrogen (secondary N) is 1. The van der Waals surface area contributed by atoms with Crippen molar-refractivity contribution < 1.29 is 14.3 Å². The number of hydrogen-bond acceptors (Lipinski definition) is 5. The third-order valence-corrected chi connectivity index (χ3v) is 6.71. The van der Waals surface area contributed by atoms with Crippen molar-refractivity contribution in [2.75, 3.05) is 6.61 Å². The Kier molecular flexibility index (Phi) is 7.11. The van der Waals surface area contributed by atoms with Gasteiger partial charge >= 0.3 is 6.09 Å². The highest BCUT2D eigenvalue weighted by molar-refractivity contribution is 7.13. The van der Waals surface area contributed by atoms with Gasteiger partial charge in [-0.15, -0.1) is 11.3 Å². The molecule has 2 aromatic rings. The van der Waals surface area contributed by atoms with Gasteiger partial charge in [-0.05, 0) is 24.1 Å². The van der Waals surface area contributed by atoms with Crippen LogP contribution >= 0.6 is 11.3 Å². The molecule has 1 N–H and O–H groups in total. The van der Waals surface area contributed by atoms with Crippen molar-refractivity contribution >= 4 is 31.8 Å². The molecule has 0 aliphatic rings. The SMILES string of the molecule is Cc1ncsc1-c1ccc([C@H](CC=O)NC(=O)OCC[Si](C)(C)C)cc1. The van der Waals surface area contributed by atoms with E-state index in [1.54, 1.807) is 11.3 Å². The van der Waals surface area contributed by atoms with E-state index in [0.717, 1.165) is 34.0 Å². The first-order valence-corrected chi connectivity index (χ1v) is 13.3. The molecule has 0 saturated heterocycles. The quantitative estimate of drug-likeness (QED) is 0.519. The number of amides is 1. The predicted molar refractivity (Wildman–Crippen MR) is 108 cm³/mol. The summed E-state index contributed by atoms with van der Waals surface area (Å²) in [5.74, 6) is 0. The molecule has 26 heavy (non-hydrogen) atoms. The maximum Gasteiger partial charge on any atom is 0.407 e. The van der Waals surface area contributed by atoms with Crippen LogP contribution < -0.4 is 5.32 Å². The van der Waals surface area contributed by atoms with Gasteiger partial charge in [-0.25, -0.2) is 9.78 Å². The average molecular weight is 391 g/mol. The van der Waals surface area contributed by atoms with Crippen LogP contribution in [0.15, 0.2) is 29.8 Å². The summed E-state index contributed by atoms with van der Waals surface area (Å²) in [6.45, 7) is 9.09. The maximum atomic E-state index is 12.0. The Morgan fingerprint density at radius 1 is 1.31 bits per heavy atom. The van der Waals surface area contributed by atoms with Crippen molar-refractivity contribution in [2.45, 2.75) is 45.1 Å². The molecule has 0 spiro atoms. The topological polar surface area (TPSA) is 68.3 Å². The van der Waals surface area contributed by atoms with Crippen molar-refractivity contribution in [1.82, 2.24) is 10.3 Å². The number of nitrogens with zero attached hydrogens (tertiary/aromatic N) is 1. The second-order valence-electron chi connectivity index (χ2n) is 7.43. The van der Waals surface area contributed by atoms with Gasteiger partial charge in [-0.2, -0.15) is 0 Å². The van der Waals surface area contributed by atoms with E-state index >= 15 is 0 Å². The normalized spacial score (nSPS) is 12.5. The zero-order valence-corrected chi connectivity index (χ0v) is 17.6. The lowest BCUT2D eigenvalue weighted by Crippen LogP contribution is -2.31. The highest BCUT2D eigenvalue weighted by Gasteiger charge is 2.18. The highest BCUT2D eigenvalue weighted by atomic mass is 32.1. The molecule has 0 aliphatic carbocycles. The number of aromatic nitrogens is 1. The molecule has 0 saturated carbocycles. The summed E-state index contributed by atoms with van der Waals surface area (Å²) in [5.41, 5.74) is 4.78. The second kappa shape index (κ2) is 9.09. The number of rotatable bonds is 8. The molecule has 0 bridgehead atoms. The lowest BCUT2D eigenvalue weighted by Gasteiger charge is -2.19. The van der Waals surface area contributed by atoms with E-state index in [4.69, 9.17) is 4.74 Å². The zero-order chi connectivity index (χ0) is 19.2. The monoisotopic (exact) mass is 390 g/mol. The van der Waals surface area contributed by atoms with Crippen LogP contribution in [0, 0.1) is 6.92 Å². The van der Waals surface area contributed by atoms with E-state index in [1.807, 2.05) is 36.7 Å². The Labute approximate surface area is 159 Å². The summed E-state index contributed by atoms with van der Waals surface area (Å²) in [4.78, 5) is 28.5. The van der Waals surface area contributed by atoms with Crippen molar-refractivity contribution in [2.24, 2.45) is 0 Å². The molecular weight excluding hydrogens is 364 g/mol. The van der Waals surface area contributed by atoms with E-state index in [1.165, 1.54) is 0 Å². The van der Waals surface area contributed by atoms with Crippen LogP contribution in [0.5, 0.6) is 0 Å². The van der Waals surface area contributed by atoms with E-state index in [2.05, 4.69) is 29.9 Å². The number of aldehydes is 1. The van der Waals surface area contributed by atoms with Crippen molar-refractivity contribution in [3.63, 3.8) is 0 Å². The first kappa shape index (κ1) is 20.3. The van der Waals surface area contributed by atoms with Gasteiger partial charge in [0.25, 0.3) is 0 Å². The van der Waals surface area contributed by atoms with E-state index in [9.17, 15) is 9.59 Å². The molecule has 7 heteroatoms. The summed E-state index contributed by atoms with van der Waals surface area (Å²) in [6.07, 6.45) is 0.550. The minimum absolute atomic E-state index is 0.210. The van der Waals surface area contributed by atoms with Crippen LogP contribution in [0.25, 0.3) is 10.4 Å². The molecule has 2 rings (SSSR count). The van der Waals surface area contributed by atoms with E-state index in [-0.39, 0.29) is 12.5 Å². The molecule has 5 nitrogen and oxygen atoms in total. The molecule has 1 aromatic carbocycles. The smallest absolute Gasteiger partial charge is 0.407 e. The summed E-state index contributed by atoms with van der Waals surface area (Å²) in [5, 5.41) is 2.80. The van der Waals surface area contributed by atoms with Crippen LogP contribution in [0.4, 0.5) is 4.79 Å². The van der Waals surface area contributed by atoms with Gasteiger partial charge in [-0.3, -0.25) is 0 Å². The third-order valence-electron chi connectivity index (χ3n) is 4.03. The first-order chi connectivity index (χ1) is 12.3. The standard InChI is InChI=1S/C19H26N2O3SSi/c1-14-18(25-13-20-14)16-7-5-15(6-8-16)17(9-10-22)21-19(23)24-11-12-26(2,3)4/h5-8,10,13,17H,9,11-12H2,1-4H3,(H,21,23)/t17-/m0/s1. The number of benzene rings is 1. The van der Waals surface area contributed by atoms with Gasteiger partial charge in [0.2, 0.25) is 0 Å². The molecule has 140 valence electrons. The van der Waals surface area contributed by atoms with Crippen LogP contribution in [-0.4, -0.2) is 32.0 Å². The first-order valence-electron chi connectivity index (χ1n) is 8.67. The molecule has 0 aliphatic heterocycles. The Balaban J connectivity index is 2.01. The largest absolute Gasteiger partial charge is 0.450 e. The number of carbonyl (C=O) groups excluding carboxylic acids is 2. The average Bonchev–Trinajstić information content (AvgIpc) is 2.99. The third kappa shape index (κ3) is 6.07. The van der Waals surface area contributed by atoms with Crippen LogP contribution in [0.3, 0.4) is 0 Å². The van der Waals surface area contributed by atoms with Gasteiger partial charge in [0, 0.05) is 14.5 Å². The molecule has 1 heterocycles. The van der Waals surface area contributed by atoms with E-state index < -0.39 is 14.2 Å². The predicted octanol–water partition coefficient (Wildman–Crippen LogP) is 4.81. The molecule has 0 unspecified atom stereocenters. The van der Waals surface area contributed by atoms with E-state index in [0.29, 0.717) is 6.61 Å². The lowest BCUT2D eigenvalue weighted by molar-refractivity contribution is -0.108. The molecule has 0 fully saturated rings. The number of hydrogen-bond donors (Lipinski definition) is 1. The zero-order valence-electron chi connectivity index (χ0n) is 15.7. The minimum atomic E-state index is -1.25. The molecule has 0 radical (unpaired) electrons. The molecule has 1 aromatic heterocycles. The summed E-state index contributed by atoms with van der Waals surface area (Å²) in [7, 11) is -1.25. The molecule has 1 amide bonds. The van der Waals surface area contributed by atoms with Crippen LogP contribution in [0.2, 0.25) is 25.7 Å². The van der Waals surface area contributed by atoms with Gasteiger partial charge in [0.05, 0.1) is 28.7 Å². The summed E-state index contributed by atoms with van der Waals surface area (Å²) < 4.78 is 5.28. The molecular formula is C19H26N2O3SSi. The summed E-state index contributed by atoms with van der Waals surface area (Å²) in [6, 6.07) is 8.39. The van der Waals surface area contributed by atoms with Crippen molar-refractivity contribution in [3.05, 3.63) is 41.0 Å². The van der Waals surface area contributed by atoms with Crippen molar-refractivity contribution in [3.8, 4) is 10.4 Å². The summed E-state index contributed by atoms with van der Waals surface area (Å²) >= 11 is 1.60. The van der Waals surface area contributed by atoms with Crippen LogP contribution in [-0.2, 0) is 9.53 Å². The van der Waals surface area contributed by atoms with Gasteiger partial charge in [0.15, 0.2) is 0 Å². The van der Waals surface area contributed by atoms with Gasteiger partial charge < -0.3 is 14.8 Å². The van der Waals surface area contributed by atoms with Crippen LogP contribution in [0.1, 0.15) is 23.7 Å². The van der Waals surface area contributed by atoms with Crippen molar-refractivity contribution in [1.29, 1.82) is 0 Å². The second-order valence-corrected chi connectivity index (χ2v) is 13.9. The maximum absolute atomic E-state index is 12.0. The molecule has 1 atom stereocenters. The Hall–Kier alpha value is -1.99. The fourth-order valence-corrected chi connectivity index (χ4v) is 3.98. The highest BCUT2D eigenvalue weighted by Crippen LogP contribution is 2.28. The van der Waals surface area contributed by atoms with Gasteiger partial charge in [0.1, 0.15) is 6.29 Å². The Morgan fingerprint density at radius 2 is 2.00 bits per heavy atom. The van der Waals surface area contributed by atoms with Gasteiger partial charge in [-0.1, -0.05) is 43.9 Å². The fraction of sp³-hybridized carbons (Fsp3) is 0.421. The number of thiazole rings is 1.